The van der Waals surface area contributed by atoms with E-state index in [1.54, 1.807) is 12.1 Å². The molecular weight excluding hydrogens is 217 g/mol. The number of nitrogens with two attached hydrogens (primary N) is 1. The highest BCUT2D eigenvalue weighted by molar-refractivity contribution is 5.95. The third-order valence-electron chi connectivity index (χ3n) is 2.75. The second-order valence-corrected chi connectivity index (χ2v) is 4.06. The van der Waals surface area contributed by atoms with Gasteiger partial charge in [0.15, 0.2) is 0 Å². The van der Waals surface area contributed by atoms with Crippen LogP contribution in [0, 0.1) is 11.2 Å². The lowest BCUT2D eigenvalue weighted by Gasteiger charge is -2.20. The highest BCUT2D eigenvalue weighted by Gasteiger charge is 2.12. The highest BCUT2D eigenvalue weighted by Crippen LogP contribution is 2.14. The summed E-state index contributed by atoms with van der Waals surface area (Å²) in [5.41, 5.74) is 6.13. The standard InChI is InChI=1S/C13H20FN3/c1-3-8-17(4-2)9-10-6-5-7-11(12(10)14)13(15)16/h5-7H,3-4,8-9H2,1-2H3,(H3,15,16). The molecule has 1 rings (SSSR count). The molecule has 1 aromatic carbocycles. The van der Waals surface area contributed by atoms with Crippen LogP contribution in [0.5, 0.6) is 0 Å². The number of hydrogen-bond donors (Lipinski definition) is 2. The summed E-state index contributed by atoms with van der Waals surface area (Å²) in [4.78, 5) is 2.17. The third kappa shape index (κ3) is 3.53. The van der Waals surface area contributed by atoms with Crippen LogP contribution in [0.4, 0.5) is 4.39 Å². The molecule has 0 aliphatic rings. The van der Waals surface area contributed by atoms with Crippen molar-refractivity contribution in [1.82, 2.24) is 4.90 Å². The topological polar surface area (TPSA) is 53.1 Å². The third-order valence-corrected chi connectivity index (χ3v) is 2.75. The maximum Gasteiger partial charge on any atom is 0.138 e. The van der Waals surface area contributed by atoms with Gasteiger partial charge in [0.05, 0.1) is 5.56 Å². The van der Waals surface area contributed by atoms with E-state index in [1.165, 1.54) is 6.07 Å². The lowest BCUT2D eigenvalue weighted by Crippen LogP contribution is -2.25. The summed E-state index contributed by atoms with van der Waals surface area (Å²) in [6.07, 6.45) is 1.04. The van der Waals surface area contributed by atoms with Gasteiger partial charge in [0, 0.05) is 12.1 Å². The Bertz CT molecular complexity index is 390. The van der Waals surface area contributed by atoms with Crippen LogP contribution in [0.1, 0.15) is 31.4 Å². The zero-order valence-electron chi connectivity index (χ0n) is 10.5. The van der Waals surface area contributed by atoms with E-state index in [1.807, 2.05) is 0 Å². The Hall–Kier alpha value is -1.42. The highest BCUT2D eigenvalue weighted by atomic mass is 19.1. The van der Waals surface area contributed by atoms with Gasteiger partial charge in [-0.15, -0.1) is 0 Å². The van der Waals surface area contributed by atoms with Gasteiger partial charge in [-0.25, -0.2) is 4.39 Å². The minimum absolute atomic E-state index is 0.190. The number of amidine groups is 1. The van der Waals surface area contributed by atoms with Crippen LogP contribution in [-0.2, 0) is 6.54 Å². The smallest absolute Gasteiger partial charge is 0.138 e. The Morgan fingerprint density at radius 3 is 2.65 bits per heavy atom. The number of hydrogen-bond acceptors (Lipinski definition) is 2. The number of nitrogen functional groups attached to an aromatic ring is 1. The maximum absolute atomic E-state index is 14.0. The summed E-state index contributed by atoms with van der Waals surface area (Å²) in [5, 5.41) is 7.31. The summed E-state index contributed by atoms with van der Waals surface area (Å²) in [6, 6.07) is 5.03. The van der Waals surface area contributed by atoms with E-state index in [2.05, 4.69) is 18.7 Å². The fourth-order valence-electron chi connectivity index (χ4n) is 1.82. The predicted molar refractivity (Wildman–Crippen MR) is 68.7 cm³/mol. The molecule has 0 spiro atoms. The van der Waals surface area contributed by atoms with Crippen LogP contribution in [0.2, 0.25) is 0 Å². The van der Waals surface area contributed by atoms with Crippen LogP contribution < -0.4 is 5.73 Å². The number of rotatable bonds is 6. The Labute approximate surface area is 102 Å². The van der Waals surface area contributed by atoms with Crippen molar-refractivity contribution in [1.29, 1.82) is 5.41 Å². The molecule has 0 saturated heterocycles. The quantitative estimate of drug-likeness (QED) is 0.589. The van der Waals surface area contributed by atoms with Crippen molar-refractivity contribution < 1.29 is 4.39 Å². The first kappa shape index (κ1) is 13.6. The second kappa shape index (κ2) is 6.35. The SMILES string of the molecule is CCCN(CC)Cc1cccc(C(=N)N)c1F. The second-order valence-electron chi connectivity index (χ2n) is 4.06. The van der Waals surface area contributed by atoms with Crippen molar-refractivity contribution in [3.63, 3.8) is 0 Å². The molecular formula is C13H20FN3. The van der Waals surface area contributed by atoms with Crippen molar-refractivity contribution in [2.24, 2.45) is 5.73 Å². The van der Waals surface area contributed by atoms with E-state index < -0.39 is 0 Å². The molecule has 3 N–H and O–H groups in total. The molecule has 0 heterocycles. The monoisotopic (exact) mass is 237 g/mol. The first-order chi connectivity index (χ1) is 8.10. The zero-order chi connectivity index (χ0) is 12.8. The molecule has 94 valence electrons. The van der Waals surface area contributed by atoms with Gasteiger partial charge in [-0.05, 0) is 25.6 Å². The lowest BCUT2D eigenvalue weighted by molar-refractivity contribution is 0.276. The lowest BCUT2D eigenvalue weighted by atomic mass is 10.1. The molecule has 0 bridgehead atoms. The van der Waals surface area contributed by atoms with Gasteiger partial charge >= 0.3 is 0 Å². The molecule has 1 aromatic rings. The minimum Gasteiger partial charge on any atom is -0.384 e. The normalized spacial score (nSPS) is 10.8. The molecule has 0 fully saturated rings. The van der Waals surface area contributed by atoms with E-state index in [0.29, 0.717) is 12.1 Å². The van der Waals surface area contributed by atoms with Crippen LogP contribution in [0.15, 0.2) is 18.2 Å². The molecule has 0 amide bonds. The molecule has 0 unspecified atom stereocenters. The molecule has 0 atom stereocenters. The summed E-state index contributed by atoms with van der Waals surface area (Å²) >= 11 is 0. The van der Waals surface area contributed by atoms with Gasteiger partial charge in [-0.3, -0.25) is 10.3 Å². The molecule has 0 radical (unpaired) electrons. The van der Waals surface area contributed by atoms with Crippen LogP contribution >= 0.6 is 0 Å². The van der Waals surface area contributed by atoms with Crippen molar-refractivity contribution in [3.05, 3.63) is 35.1 Å². The predicted octanol–water partition coefficient (Wildman–Crippen LogP) is 2.34. The minimum atomic E-state index is -0.366. The van der Waals surface area contributed by atoms with Gasteiger partial charge < -0.3 is 5.73 Å². The Morgan fingerprint density at radius 2 is 2.12 bits per heavy atom. The Balaban J connectivity index is 2.91. The van der Waals surface area contributed by atoms with Crippen LogP contribution in [0.25, 0.3) is 0 Å². The van der Waals surface area contributed by atoms with E-state index in [0.717, 1.165) is 19.5 Å². The van der Waals surface area contributed by atoms with E-state index in [4.69, 9.17) is 11.1 Å². The molecule has 0 aromatic heterocycles. The van der Waals surface area contributed by atoms with E-state index >= 15 is 0 Å². The zero-order valence-corrected chi connectivity index (χ0v) is 10.5. The average molecular weight is 237 g/mol. The number of halogens is 1. The molecule has 0 aliphatic heterocycles. The molecule has 3 nitrogen and oxygen atoms in total. The van der Waals surface area contributed by atoms with Gasteiger partial charge in [0.1, 0.15) is 11.7 Å². The molecule has 0 saturated carbocycles. The maximum atomic E-state index is 14.0. The van der Waals surface area contributed by atoms with Gasteiger partial charge in [-0.2, -0.15) is 0 Å². The number of nitrogens with one attached hydrogen (secondary N) is 1. The van der Waals surface area contributed by atoms with E-state index in [9.17, 15) is 4.39 Å². The summed E-state index contributed by atoms with van der Waals surface area (Å²) < 4.78 is 14.0. The molecule has 17 heavy (non-hydrogen) atoms. The van der Waals surface area contributed by atoms with Gasteiger partial charge in [0.2, 0.25) is 0 Å². The Kier molecular flexibility index (Phi) is 5.10. The average Bonchev–Trinajstić information content (AvgIpc) is 2.30. The fraction of sp³-hybridized carbons (Fsp3) is 0.462. The van der Waals surface area contributed by atoms with Gasteiger partial charge in [0.25, 0.3) is 0 Å². The number of nitrogens with zero attached hydrogens (tertiary/aromatic N) is 1. The molecule has 0 aliphatic carbocycles. The molecule has 4 heteroatoms. The first-order valence-electron chi connectivity index (χ1n) is 5.94. The first-order valence-corrected chi connectivity index (χ1v) is 5.94. The fourth-order valence-corrected chi connectivity index (χ4v) is 1.82. The summed E-state index contributed by atoms with van der Waals surface area (Å²) in [7, 11) is 0. The number of benzene rings is 1. The van der Waals surface area contributed by atoms with Crippen molar-refractivity contribution in [3.8, 4) is 0 Å². The van der Waals surface area contributed by atoms with Crippen molar-refractivity contribution in [2.45, 2.75) is 26.8 Å². The van der Waals surface area contributed by atoms with Crippen molar-refractivity contribution >= 4 is 5.84 Å². The van der Waals surface area contributed by atoms with E-state index in [-0.39, 0.29) is 17.2 Å². The van der Waals surface area contributed by atoms with Crippen molar-refractivity contribution in [2.75, 3.05) is 13.1 Å². The van der Waals surface area contributed by atoms with Crippen LogP contribution in [-0.4, -0.2) is 23.8 Å². The Morgan fingerprint density at radius 1 is 1.41 bits per heavy atom. The largest absolute Gasteiger partial charge is 0.384 e. The van der Waals surface area contributed by atoms with Gasteiger partial charge in [-0.1, -0.05) is 26.0 Å². The van der Waals surface area contributed by atoms with Crippen LogP contribution in [0.3, 0.4) is 0 Å². The summed E-state index contributed by atoms with van der Waals surface area (Å²) in [6.45, 7) is 6.56. The summed E-state index contributed by atoms with van der Waals surface area (Å²) in [5.74, 6) is -0.586.